The summed E-state index contributed by atoms with van der Waals surface area (Å²) >= 11 is 0. The fraction of sp³-hybridized carbons (Fsp3) is 0.278. The quantitative estimate of drug-likeness (QED) is 0.779. The minimum Gasteiger partial charge on any atom is -0.488 e. The van der Waals surface area contributed by atoms with E-state index in [0.717, 1.165) is 18.6 Å². The van der Waals surface area contributed by atoms with Gasteiger partial charge in [-0.3, -0.25) is 4.79 Å². The number of carbonyl (C=O) groups excluding carboxylic acids is 1. The van der Waals surface area contributed by atoms with Gasteiger partial charge in [0.25, 0.3) is 0 Å². The molecular weight excluding hydrogens is 248 g/mol. The van der Waals surface area contributed by atoms with E-state index in [-0.39, 0.29) is 17.3 Å². The summed E-state index contributed by atoms with van der Waals surface area (Å²) in [5.41, 5.74) is 2.16. The molecule has 0 spiro atoms. The van der Waals surface area contributed by atoms with Crippen molar-refractivity contribution in [2.75, 3.05) is 0 Å². The lowest BCUT2D eigenvalue weighted by Gasteiger charge is -2.32. The highest BCUT2D eigenvalue weighted by Gasteiger charge is 2.48. The van der Waals surface area contributed by atoms with Crippen LogP contribution in [0.5, 0.6) is 5.75 Å². The van der Waals surface area contributed by atoms with Crippen LogP contribution in [0.15, 0.2) is 55.7 Å². The summed E-state index contributed by atoms with van der Waals surface area (Å²) < 4.78 is 6.02. The van der Waals surface area contributed by atoms with Crippen molar-refractivity contribution in [3.05, 3.63) is 66.8 Å². The molecule has 2 heteroatoms. The Morgan fingerprint density at radius 2 is 2.20 bits per heavy atom. The Labute approximate surface area is 119 Å². The van der Waals surface area contributed by atoms with Gasteiger partial charge in [-0.25, -0.2) is 0 Å². The molecular formula is C18H18O2. The highest BCUT2D eigenvalue weighted by Crippen LogP contribution is 2.49. The highest BCUT2D eigenvalue weighted by molar-refractivity contribution is 5.92. The van der Waals surface area contributed by atoms with Crippen LogP contribution in [0.3, 0.4) is 0 Å². The Kier molecular flexibility index (Phi) is 3.09. The smallest absolute Gasteiger partial charge is 0.159 e. The van der Waals surface area contributed by atoms with Crippen molar-refractivity contribution in [3.8, 4) is 5.75 Å². The SMILES string of the molecule is C=CCc1ccc2c(c1)[C@]1(CC=C)C=CC(=O)C[C@@H]1O2. The van der Waals surface area contributed by atoms with Gasteiger partial charge in [-0.15, -0.1) is 13.2 Å². The van der Waals surface area contributed by atoms with Crippen LogP contribution in [-0.2, 0) is 16.6 Å². The molecule has 0 radical (unpaired) electrons. The van der Waals surface area contributed by atoms with Crippen molar-refractivity contribution in [2.24, 2.45) is 0 Å². The summed E-state index contributed by atoms with van der Waals surface area (Å²) in [5, 5.41) is 0. The molecule has 0 saturated carbocycles. The van der Waals surface area contributed by atoms with Gasteiger partial charge in [-0.2, -0.15) is 0 Å². The van der Waals surface area contributed by atoms with E-state index < -0.39 is 0 Å². The number of rotatable bonds is 4. The van der Waals surface area contributed by atoms with Crippen molar-refractivity contribution in [1.82, 2.24) is 0 Å². The second-order valence-electron chi connectivity index (χ2n) is 5.47. The maximum Gasteiger partial charge on any atom is 0.159 e. The van der Waals surface area contributed by atoms with Crippen molar-refractivity contribution in [1.29, 1.82) is 0 Å². The predicted molar refractivity (Wildman–Crippen MR) is 80.0 cm³/mol. The minimum absolute atomic E-state index is 0.105. The fourth-order valence-electron chi connectivity index (χ4n) is 3.23. The summed E-state index contributed by atoms with van der Waals surface area (Å²) in [5.74, 6) is 1.03. The van der Waals surface area contributed by atoms with E-state index >= 15 is 0 Å². The van der Waals surface area contributed by atoms with Crippen LogP contribution >= 0.6 is 0 Å². The van der Waals surface area contributed by atoms with Gasteiger partial charge < -0.3 is 4.74 Å². The molecule has 2 atom stereocenters. The van der Waals surface area contributed by atoms with Crippen LogP contribution in [-0.4, -0.2) is 11.9 Å². The molecule has 2 nitrogen and oxygen atoms in total. The van der Waals surface area contributed by atoms with E-state index in [1.165, 1.54) is 11.1 Å². The Bertz CT molecular complexity index is 612. The molecule has 0 bridgehead atoms. The number of carbonyl (C=O) groups is 1. The van der Waals surface area contributed by atoms with Gasteiger partial charge >= 0.3 is 0 Å². The zero-order chi connectivity index (χ0) is 14.2. The standard InChI is InChI=1S/C18H18O2/c1-3-5-13-6-7-16-15(11-13)18(9-4-2)10-8-14(19)12-17(18)20-16/h3-4,6-8,10-11,17H,1-2,5,9,12H2/t17-,18-/m0/s1. The van der Waals surface area contributed by atoms with Crippen LogP contribution in [0, 0.1) is 0 Å². The second kappa shape index (κ2) is 4.78. The first-order valence-electron chi connectivity index (χ1n) is 6.93. The molecule has 0 unspecified atom stereocenters. The second-order valence-corrected chi connectivity index (χ2v) is 5.47. The summed E-state index contributed by atoms with van der Waals surface area (Å²) in [6.07, 6.45) is 9.47. The largest absolute Gasteiger partial charge is 0.488 e. The molecule has 3 rings (SSSR count). The number of allylic oxidation sites excluding steroid dienone is 3. The minimum atomic E-state index is -0.234. The van der Waals surface area contributed by atoms with Crippen LogP contribution < -0.4 is 4.74 Å². The maximum absolute atomic E-state index is 11.7. The van der Waals surface area contributed by atoms with Gasteiger partial charge in [0.2, 0.25) is 0 Å². The Morgan fingerprint density at radius 3 is 2.95 bits per heavy atom. The van der Waals surface area contributed by atoms with Crippen LogP contribution in [0.4, 0.5) is 0 Å². The Morgan fingerprint density at radius 1 is 1.35 bits per heavy atom. The number of benzene rings is 1. The topological polar surface area (TPSA) is 26.3 Å². The maximum atomic E-state index is 11.7. The van der Waals surface area contributed by atoms with Crippen molar-refractivity contribution in [3.63, 3.8) is 0 Å². The third-order valence-electron chi connectivity index (χ3n) is 4.20. The summed E-state index contributed by atoms with van der Waals surface area (Å²) in [6.45, 7) is 7.66. The molecule has 0 saturated heterocycles. The molecule has 102 valence electrons. The zero-order valence-electron chi connectivity index (χ0n) is 11.5. The average Bonchev–Trinajstić information content (AvgIpc) is 2.73. The molecule has 1 aromatic carbocycles. The summed E-state index contributed by atoms with van der Waals surface area (Å²) in [7, 11) is 0. The first kappa shape index (κ1) is 12.9. The number of fused-ring (bicyclic) bond motifs is 3. The third kappa shape index (κ3) is 1.83. The Balaban J connectivity index is 2.12. The van der Waals surface area contributed by atoms with E-state index in [2.05, 4.69) is 25.3 Å². The van der Waals surface area contributed by atoms with Crippen LogP contribution in [0.2, 0.25) is 0 Å². The van der Waals surface area contributed by atoms with Gasteiger partial charge in [0.1, 0.15) is 11.9 Å². The van der Waals surface area contributed by atoms with Gasteiger partial charge in [0.05, 0.1) is 5.41 Å². The lowest BCUT2D eigenvalue weighted by Crippen LogP contribution is -2.40. The molecule has 20 heavy (non-hydrogen) atoms. The van der Waals surface area contributed by atoms with E-state index in [9.17, 15) is 4.79 Å². The van der Waals surface area contributed by atoms with Crippen molar-refractivity contribution < 1.29 is 9.53 Å². The molecule has 2 aliphatic rings. The number of ether oxygens (including phenoxy) is 1. The van der Waals surface area contributed by atoms with Gasteiger partial charge in [-0.05, 0) is 30.5 Å². The van der Waals surface area contributed by atoms with E-state index in [0.29, 0.717) is 6.42 Å². The monoisotopic (exact) mass is 266 g/mol. The van der Waals surface area contributed by atoms with Crippen molar-refractivity contribution >= 4 is 5.78 Å². The molecule has 1 heterocycles. The van der Waals surface area contributed by atoms with Crippen LogP contribution in [0.25, 0.3) is 0 Å². The molecule has 1 aliphatic carbocycles. The number of ketones is 1. The molecule has 0 aromatic heterocycles. The molecule has 0 N–H and O–H groups in total. The number of hydrogen-bond acceptors (Lipinski definition) is 2. The Hall–Kier alpha value is -2.09. The lowest BCUT2D eigenvalue weighted by molar-refractivity contribution is -0.117. The van der Waals surface area contributed by atoms with Gasteiger partial charge in [-0.1, -0.05) is 30.4 Å². The lowest BCUT2D eigenvalue weighted by atomic mass is 9.70. The summed E-state index contributed by atoms with van der Waals surface area (Å²) in [4.78, 5) is 11.7. The zero-order valence-corrected chi connectivity index (χ0v) is 11.5. The van der Waals surface area contributed by atoms with Crippen molar-refractivity contribution in [2.45, 2.75) is 30.8 Å². The predicted octanol–water partition coefficient (Wildman–Crippen LogP) is 3.52. The van der Waals surface area contributed by atoms with Gasteiger partial charge in [0.15, 0.2) is 5.78 Å². The summed E-state index contributed by atoms with van der Waals surface area (Å²) in [6, 6.07) is 6.25. The van der Waals surface area contributed by atoms with E-state index in [1.54, 1.807) is 6.08 Å². The number of hydrogen-bond donors (Lipinski definition) is 0. The average molecular weight is 266 g/mol. The molecule has 0 amide bonds. The third-order valence-corrected chi connectivity index (χ3v) is 4.20. The van der Waals surface area contributed by atoms with E-state index in [1.807, 2.05) is 24.3 Å². The highest BCUT2D eigenvalue weighted by atomic mass is 16.5. The normalized spacial score (nSPS) is 26.6. The van der Waals surface area contributed by atoms with Crippen LogP contribution in [0.1, 0.15) is 24.0 Å². The first-order valence-corrected chi connectivity index (χ1v) is 6.93. The molecule has 1 aliphatic heterocycles. The molecule has 0 fully saturated rings. The van der Waals surface area contributed by atoms with Gasteiger partial charge in [0, 0.05) is 12.0 Å². The molecule has 1 aromatic rings. The first-order chi connectivity index (χ1) is 9.69. The van der Waals surface area contributed by atoms with E-state index in [4.69, 9.17) is 4.74 Å². The fourth-order valence-corrected chi connectivity index (χ4v) is 3.23.